The topological polar surface area (TPSA) is 25.8 Å². The predicted octanol–water partition coefficient (Wildman–Crippen LogP) is 2.05. The van der Waals surface area contributed by atoms with Gasteiger partial charge < -0.3 is 0 Å². The summed E-state index contributed by atoms with van der Waals surface area (Å²) in [4.78, 5) is 8.11. The summed E-state index contributed by atoms with van der Waals surface area (Å²) in [5, 5.41) is 1.09. The van der Waals surface area contributed by atoms with Crippen molar-refractivity contribution in [3.05, 3.63) is 36.8 Å². The van der Waals surface area contributed by atoms with Crippen LogP contribution in [0.15, 0.2) is 36.8 Å². The van der Waals surface area contributed by atoms with E-state index in [1.165, 1.54) is 0 Å². The van der Waals surface area contributed by atoms with Gasteiger partial charge in [-0.3, -0.25) is 9.97 Å². The highest BCUT2D eigenvalue weighted by Crippen LogP contribution is 2.05. The van der Waals surface area contributed by atoms with Gasteiger partial charge in [-0.05, 0) is 18.2 Å². The zero-order valence-corrected chi connectivity index (χ0v) is 6.58. The molecule has 0 amide bonds. The highest BCUT2D eigenvalue weighted by Gasteiger charge is 1.87. The molecule has 2 heterocycles. The summed E-state index contributed by atoms with van der Waals surface area (Å²) in [6, 6.07) is 5.80. The second-order valence-corrected chi connectivity index (χ2v) is 2.07. The van der Waals surface area contributed by atoms with Crippen LogP contribution in [-0.2, 0) is 0 Å². The monoisotopic (exact) mass is 166 g/mol. The van der Waals surface area contributed by atoms with Gasteiger partial charge in [-0.1, -0.05) is 0 Å². The van der Waals surface area contributed by atoms with Crippen LogP contribution in [0.25, 0.3) is 10.9 Å². The molecule has 2 aromatic heterocycles. The smallest absolute Gasteiger partial charge is 0.0732 e. The van der Waals surface area contributed by atoms with E-state index in [1.54, 1.807) is 12.4 Å². The van der Waals surface area contributed by atoms with E-state index in [1.807, 2.05) is 24.4 Å². The van der Waals surface area contributed by atoms with Crippen LogP contribution in [0, 0.1) is 0 Å². The minimum atomic E-state index is 0. The Balaban J connectivity index is 0.000000605. The second kappa shape index (κ2) is 3.30. The Morgan fingerprint density at radius 3 is 2.82 bits per heavy atom. The molecule has 0 saturated carbocycles. The van der Waals surface area contributed by atoms with Gasteiger partial charge in [0.2, 0.25) is 0 Å². The molecule has 0 spiro atoms. The van der Waals surface area contributed by atoms with Crippen LogP contribution >= 0.6 is 12.4 Å². The third-order valence-electron chi connectivity index (χ3n) is 1.40. The average Bonchev–Trinajstić information content (AvgIpc) is 2.05. The number of halogens is 1. The number of rotatable bonds is 0. The number of fused-ring (bicyclic) bond motifs is 1. The average molecular weight is 167 g/mol. The van der Waals surface area contributed by atoms with E-state index in [0.29, 0.717) is 0 Å². The Bertz CT molecular complexity index is 283. The van der Waals surface area contributed by atoms with Crippen LogP contribution in [0.3, 0.4) is 0 Å². The molecule has 0 bridgehead atoms. The van der Waals surface area contributed by atoms with Gasteiger partial charge >= 0.3 is 0 Å². The minimum Gasteiger partial charge on any atom is -0.264 e. The lowest BCUT2D eigenvalue weighted by atomic mass is 10.3. The molecule has 0 aliphatic carbocycles. The maximum atomic E-state index is 4.14. The van der Waals surface area contributed by atoms with Crippen LogP contribution in [0.4, 0.5) is 0 Å². The molecule has 0 radical (unpaired) electrons. The molecule has 11 heavy (non-hydrogen) atoms. The van der Waals surface area contributed by atoms with E-state index >= 15 is 0 Å². The number of hydrogen-bond donors (Lipinski definition) is 0. The number of hydrogen-bond acceptors (Lipinski definition) is 2. The molecule has 0 atom stereocenters. The molecule has 2 nitrogen and oxygen atoms in total. The van der Waals surface area contributed by atoms with E-state index in [-0.39, 0.29) is 12.4 Å². The van der Waals surface area contributed by atoms with Gasteiger partial charge in [-0.2, -0.15) is 0 Å². The predicted molar refractivity (Wildman–Crippen MR) is 46.8 cm³/mol. The van der Waals surface area contributed by atoms with Crippen LogP contribution in [-0.4, -0.2) is 9.97 Å². The van der Waals surface area contributed by atoms with Gasteiger partial charge in [0.15, 0.2) is 0 Å². The number of aromatic nitrogens is 2. The van der Waals surface area contributed by atoms with Gasteiger partial charge in [-0.25, -0.2) is 0 Å². The summed E-state index contributed by atoms with van der Waals surface area (Å²) in [5.74, 6) is 0. The standard InChI is InChI=1S/C8H6N2.ClH/c1-2-7-6-9-5-3-8(7)10-4-1;/h1-6H;1H. The molecular weight excluding hydrogens is 160 g/mol. The summed E-state index contributed by atoms with van der Waals surface area (Å²) in [5.41, 5.74) is 0.998. The zero-order chi connectivity index (χ0) is 6.81. The minimum absolute atomic E-state index is 0. The van der Waals surface area contributed by atoms with E-state index in [4.69, 9.17) is 0 Å². The van der Waals surface area contributed by atoms with Crippen molar-refractivity contribution in [2.45, 2.75) is 0 Å². The molecule has 0 fully saturated rings. The Kier molecular flexibility index (Phi) is 2.39. The van der Waals surface area contributed by atoms with Crippen molar-refractivity contribution < 1.29 is 0 Å². The lowest BCUT2D eigenvalue weighted by Crippen LogP contribution is -1.76. The van der Waals surface area contributed by atoms with Gasteiger partial charge in [0, 0.05) is 24.0 Å². The van der Waals surface area contributed by atoms with Crippen molar-refractivity contribution >= 4 is 23.3 Å². The summed E-state index contributed by atoms with van der Waals surface area (Å²) in [6.45, 7) is 0. The normalized spacial score (nSPS) is 9.09. The third kappa shape index (κ3) is 1.46. The molecule has 0 unspecified atom stereocenters. The van der Waals surface area contributed by atoms with Crippen molar-refractivity contribution in [2.24, 2.45) is 0 Å². The number of pyridine rings is 2. The summed E-state index contributed by atoms with van der Waals surface area (Å²) >= 11 is 0. The van der Waals surface area contributed by atoms with E-state index in [0.717, 1.165) is 10.9 Å². The zero-order valence-electron chi connectivity index (χ0n) is 5.77. The number of nitrogens with zero attached hydrogens (tertiary/aromatic N) is 2. The van der Waals surface area contributed by atoms with Crippen LogP contribution in [0.5, 0.6) is 0 Å². The lowest BCUT2D eigenvalue weighted by Gasteiger charge is -1.90. The van der Waals surface area contributed by atoms with Gasteiger partial charge in [-0.15, -0.1) is 12.4 Å². The molecule has 56 valence electrons. The summed E-state index contributed by atoms with van der Waals surface area (Å²) in [7, 11) is 0. The Morgan fingerprint density at radius 1 is 1.09 bits per heavy atom. The fraction of sp³-hybridized carbons (Fsp3) is 0. The summed E-state index contributed by atoms with van der Waals surface area (Å²) < 4.78 is 0. The molecule has 0 aliphatic heterocycles. The molecule has 0 N–H and O–H groups in total. The molecule has 0 aromatic carbocycles. The Morgan fingerprint density at radius 2 is 2.00 bits per heavy atom. The molecule has 2 rings (SSSR count). The van der Waals surface area contributed by atoms with Crippen molar-refractivity contribution in [1.29, 1.82) is 0 Å². The fourth-order valence-corrected chi connectivity index (χ4v) is 0.915. The Hall–Kier alpha value is -1.15. The first-order chi connectivity index (χ1) is 4.97. The van der Waals surface area contributed by atoms with Crippen LogP contribution < -0.4 is 0 Å². The van der Waals surface area contributed by atoms with E-state index < -0.39 is 0 Å². The first-order valence-corrected chi connectivity index (χ1v) is 3.11. The summed E-state index contributed by atoms with van der Waals surface area (Å²) in [6.07, 6.45) is 5.33. The SMILES string of the molecule is Cl.c1cnc2ccncc2c1. The first-order valence-electron chi connectivity index (χ1n) is 3.11. The van der Waals surface area contributed by atoms with Crippen molar-refractivity contribution in [3.63, 3.8) is 0 Å². The van der Waals surface area contributed by atoms with E-state index in [2.05, 4.69) is 9.97 Å². The second-order valence-electron chi connectivity index (χ2n) is 2.07. The maximum absolute atomic E-state index is 4.14. The van der Waals surface area contributed by atoms with Crippen LogP contribution in [0.1, 0.15) is 0 Å². The van der Waals surface area contributed by atoms with Crippen LogP contribution in [0.2, 0.25) is 0 Å². The van der Waals surface area contributed by atoms with Crippen molar-refractivity contribution in [1.82, 2.24) is 9.97 Å². The Labute approximate surface area is 70.7 Å². The highest BCUT2D eigenvalue weighted by molar-refractivity contribution is 5.85. The van der Waals surface area contributed by atoms with Crippen molar-refractivity contribution in [3.8, 4) is 0 Å². The largest absolute Gasteiger partial charge is 0.264 e. The van der Waals surface area contributed by atoms with Gasteiger partial charge in [0.1, 0.15) is 0 Å². The van der Waals surface area contributed by atoms with Gasteiger partial charge in [0.25, 0.3) is 0 Å². The van der Waals surface area contributed by atoms with E-state index in [9.17, 15) is 0 Å². The molecule has 0 saturated heterocycles. The third-order valence-corrected chi connectivity index (χ3v) is 1.40. The first kappa shape index (κ1) is 7.95. The molecule has 0 aliphatic rings. The quantitative estimate of drug-likeness (QED) is 0.599. The fourth-order valence-electron chi connectivity index (χ4n) is 0.915. The molecular formula is C8H7ClN2. The molecule has 3 heteroatoms. The van der Waals surface area contributed by atoms with Gasteiger partial charge in [0.05, 0.1) is 5.52 Å². The van der Waals surface area contributed by atoms with Crippen molar-refractivity contribution in [2.75, 3.05) is 0 Å². The maximum Gasteiger partial charge on any atom is 0.0732 e. The highest BCUT2D eigenvalue weighted by atomic mass is 35.5. The molecule has 2 aromatic rings. The lowest BCUT2D eigenvalue weighted by molar-refractivity contribution is 1.32.